The predicted octanol–water partition coefficient (Wildman–Crippen LogP) is 2.95. The molecule has 0 aliphatic carbocycles. The highest BCUT2D eigenvalue weighted by Crippen LogP contribution is 2.25. The van der Waals surface area contributed by atoms with Crippen LogP contribution in [0.5, 0.6) is 0 Å². The van der Waals surface area contributed by atoms with E-state index in [1.165, 1.54) is 5.56 Å². The van der Waals surface area contributed by atoms with E-state index < -0.39 is 10.0 Å². The van der Waals surface area contributed by atoms with Gasteiger partial charge in [0.25, 0.3) is 0 Å². The van der Waals surface area contributed by atoms with Crippen molar-refractivity contribution in [3.8, 4) is 0 Å². The second-order valence-electron chi connectivity index (χ2n) is 6.04. The smallest absolute Gasteiger partial charge is 0.240 e. The Kier molecular flexibility index (Phi) is 4.68. The van der Waals surface area contributed by atoms with Crippen molar-refractivity contribution in [2.45, 2.75) is 37.1 Å². The first-order valence-electron chi connectivity index (χ1n) is 7.98. The summed E-state index contributed by atoms with van der Waals surface area (Å²) in [7, 11) is -3.46. The number of rotatable bonds is 6. The number of aryl methyl sites for hydroxylation is 1. The van der Waals surface area contributed by atoms with Gasteiger partial charge in [-0.15, -0.1) is 0 Å². The van der Waals surface area contributed by atoms with Crippen LogP contribution in [0.4, 0.5) is 5.69 Å². The largest absolute Gasteiger partial charge is 0.384 e. The Balaban J connectivity index is 1.63. The van der Waals surface area contributed by atoms with Gasteiger partial charge < -0.3 is 5.32 Å². The van der Waals surface area contributed by atoms with Crippen LogP contribution in [0.15, 0.2) is 53.4 Å². The fraction of sp³-hybridized carbons (Fsp3) is 0.333. The minimum Gasteiger partial charge on any atom is -0.384 e. The van der Waals surface area contributed by atoms with Crippen LogP contribution in [0.3, 0.4) is 0 Å². The molecule has 1 aliphatic rings. The lowest BCUT2D eigenvalue weighted by Crippen LogP contribution is -2.33. The lowest BCUT2D eigenvalue weighted by molar-refractivity contribution is 0.547. The second kappa shape index (κ2) is 6.72. The van der Waals surface area contributed by atoms with Crippen molar-refractivity contribution in [3.05, 3.63) is 59.7 Å². The van der Waals surface area contributed by atoms with Crippen molar-refractivity contribution in [2.75, 3.05) is 11.9 Å². The van der Waals surface area contributed by atoms with Gasteiger partial charge in [-0.2, -0.15) is 0 Å². The molecule has 0 saturated carbocycles. The van der Waals surface area contributed by atoms with Gasteiger partial charge in [-0.1, -0.05) is 30.3 Å². The summed E-state index contributed by atoms with van der Waals surface area (Å²) < 4.78 is 27.8. The summed E-state index contributed by atoms with van der Waals surface area (Å²) in [6, 6.07) is 15.3. The highest BCUT2D eigenvalue weighted by molar-refractivity contribution is 7.89. The summed E-state index contributed by atoms with van der Waals surface area (Å²) in [5.41, 5.74) is 3.34. The van der Waals surface area contributed by atoms with Gasteiger partial charge in [0.2, 0.25) is 10.0 Å². The van der Waals surface area contributed by atoms with E-state index in [0.717, 1.165) is 37.1 Å². The lowest BCUT2D eigenvalue weighted by atomic mass is 10.1. The molecule has 0 spiro atoms. The summed E-state index contributed by atoms with van der Waals surface area (Å²) in [6.07, 6.45) is 2.51. The maximum Gasteiger partial charge on any atom is 0.240 e. The maximum atomic E-state index is 12.5. The zero-order valence-corrected chi connectivity index (χ0v) is 14.1. The first-order chi connectivity index (χ1) is 11.0. The average molecular weight is 330 g/mol. The minimum atomic E-state index is -3.46. The Hall–Kier alpha value is -1.85. The first-order valence-corrected chi connectivity index (χ1v) is 9.46. The van der Waals surface area contributed by atoms with E-state index in [2.05, 4.69) is 22.2 Å². The Morgan fingerprint density at radius 2 is 1.96 bits per heavy atom. The summed E-state index contributed by atoms with van der Waals surface area (Å²) in [5, 5.41) is 3.24. The third-order valence-electron chi connectivity index (χ3n) is 4.16. The van der Waals surface area contributed by atoms with E-state index in [1.807, 2.05) is 31.2 Å². The Morgan fingerprint density at radius 3 is 2.74 bits per heavy atom. The summed E-state index contributed by atoms with van der Waals surface area (Å²) in [5.74, 6) is 0. The van der Waals surface area contributed by atoms with Crippen molar-refractivity contribution in [3.63, 3.8) is 0 Å². The highest BCUT2D eigenvalue weighted by atomic mass is 32.2. The molecule has 3 rings (SSSR count). The van der Waals surface area contributed by atoms with Crippen LogP contribution in [-0.2, 0) is 22.9 Å². The average Bonchev–Trinajstić information content (AvgIpc) is 3.01. The molecule has 0 aromatic heterocycles. The molecular weight excluding hydrogens is 308 g/mol. The third-order valence-corrected chi connectivity index (χ3v) is 5.75. The molecule has 0 unspecified atom stereocenters. The van der Waals surface area contributed by atoms with Crippen molar-refractivity contribution in [1.29, 1.82) is 0 Å². The molecule has 0 fully saturated rings. The molecule has 0 radical (unpaired) electrons. The van der Waals surface area contributed by atoms with Gasteiger partial charge in [-0.3, -0.25) is 0 Å². The van der Waals surface area contributed by atoms with E-state index in [-0.39, 0.29) is 6.04 Å². The van der Waals surface area contributed by atoms with Gasteiger partial charge >= 0.3 is 0 Å². The molecule has 4 nitrogen and oxygen atoms in total. The van der Waals surface area contributed by atoms with Crippen LogP contribution < -0.4 is 10.0 Å². The molecule has 2 aromatic rings. The van der Waals surface area contributed by atoms with Gasteiger partial charge in [-0.05, 0) is 55.5 Å². The summed E-state index contributed by atoms with van der Waals surface area (Å²) >= 11 is 0. The zero-order chi connectivity index (χ0) is 16.3. The molecular formula is C18H22N2O2S. The Bertz CT molecular complexity index is 773. The number of sulfonamides is 1. The van der Waals surface area contributed by atoms with Crippen molar-refractivity contribution in [1.82, 2.24) is 4.72 Å². The van der Waals surface area contributed by atoms with Gasteiger partial charge in [0.05, 0.1) is 4.90 Å². The van der Waals surface area contributed by atoms with E-state index >= 15 is 0 Å². The van der Waals surface area contributed by atoms with E-state index in [4.69, 9.17) is 0 Å². The van der Waals surface area contributed by atoms with Crippen LogP contribution in [-0.4, -0.2) is 21.0 Å². The SMILES string of the molecule is C[C@@H](CCc1ccccc1)NS(=O)(=O)c1ccc2c(c1)CCN2. The van der Waals surface area contributed by atoms with Crippen LogP contribution in [0.25, 0.3) is 0 Å². The van der Waals surface area contributed by atoms with Crippen LogP contribution in [0.2, 0.25) is 0 Å². The Morgan fingerprint density at radius 1 is 1.17 bits per heavy atom. The van der Waals surface area contributed by atoms with Crippen molar-refractivity contribution in [2.24, 2.45) is 0 Å². The van der Waals surface area contributed by atoms with Crippen molar-refractivity contribution < 1.29 is 8.42 Å². The molecule has 2 N–H and O–H groups in total. The van der Waals surface area contributed by atoms with Gasteiger partial charge in [0.15, 0.2) is 0 Å². The quantitative estimate of drug-likeness (QED) is 0.856. The molecule has 0 saturated heterocycles. The molecule has 1 heterocycles. The molecule has 23 heavy (non-hydrogen) atoms. The van der Waals surface area contributed by atoms with E-state index in [9.17, 15) is 8.42 Å². The monoisotopic (exact) mass is 330 g/mol. The molecule has 0 bridgehead atoms. The number of nitrogens with one attached hydrogen (secondary N) is 2. The van der Waals surface area contributed by atoms with Gasteiger partial charge in [0.1, 0.15) is 0 Å². The Labute approximate surface area is 138 Å². The molecule has 5 heteroatoms. The van der Waals surface area contributed by atoms with Crippen LogP contribution in [0.1, 0.15) is 24.5 Å². The fourth-order valence-electron chi connectivity index (χ4n) is 2.87. The number of hydrogen-bond donors (Lipinski definition) is 2. The zero-order valence-electron chi connectivity index (χ0n) is 13.2. The minimum absolute atomic E-state index is 0.105. The topological polar surface area (TPSA) is 58.2 Å². The normalized spacial score (nSPS) is 15.0. The molecule has 1 atom stereocenters. The predicted molar refractivity (Wildman–Crippen MR) is 93.2 cm³/mol. The number of fused-ring (bicyclic) bond motifs is 1. The first kappa shape index (κ1) is 16.0. The number of anilines is 1. The van der Waals surface area contributed by atoms with E-state index in [1.54, 1.807) is 12.1 Å². The standard InChI is InChI=1S/C18H22N2O2S/c1-14(7-8-15-5-3-2-4-6-15)20-23(21,22)17-9-10-18-16(13-17)11-12-19-18/h2-6,9-10,13-14,19-20H,7-8,11-12H2,1H3/t14-/m0/s1. The lowest BCUT2D eigenvalue weighted by Gasteiger charge is -2.15. The van der Waals surface area contributed by atoms with Crippen molar-refractivity contribution >= 4 is 15.7 Å². The second-order valence-corrected chi connectivity index (χ2v) is 7.76. The van der Waals surface area contributed by atoms with E-state index in [0.29, 0.717) is 4.90 Å². The van der Waals surface area contributed by atoms with Crippen LogP contribution >= 0.6 is 0 Å². The maximum absolute atomic E-state index is 12.5. The van der Waals surface area contributed by atoms with Gasteiger partial charge in [-0.25, -0.2) is 13.1 Å². The molecule has 2 aromatic carbocycles. The number of hydrogen-bond acceptors (Lipinski definition) is 3. The molecule has 1 aliphatic heterocycles. The fourth-order valence-corrected chi connectivity index (χ4v) is 4.20. The summed E-state index contributed by atoms with van der Waals surface area (Å²) in [4.78, 5) is 0.353. The highest BCUT2D eigenvalue weighted by Gasteiger charge is 2.20. The molecule has 0 amide bonds. The summed E-state index contributed by atoms with van der Waals surface area (Å²) in [6.45, 7) is 2.79. The van der Waals surface area contributed by atoms with Crippen LogP contribution in [0, 0.1) is 0 Å². The third kappa shape index (κ3) is 3.92. The van der Waals surface area contributed by atoms with Gasteiger partial charge in [0, 0.05) is 18.3 Å². The molecule has 122 valence electrons. The number of benzene rings is 2.